The summed E-state index contributed by atoms with van der Waals surface area (Å²) >= 11 is 0. The number of carbonyl (C=O) groups excluding carboxylic acids is 2. The first-order valence-electron chi connectivity index (χ1n) is 11.1. The van der Waals surface area contributed by atoms with Crippen molar-refractivity contribution in [1.82, 2.24) is 15.1 Å². The summed E-state index contributed by atoms with van der Waals surface area (Å²) in [6.07, 6.45) is 2.10. The second-order valence-corrected chi connectivity index (χ2v) is 8.64. The molecule has 1 aliphatic rings. The molecule has 0 aliphatic carbocycles. The number of likely N-dealkylation sites (tertiary alicyclic amines) is 1. The second kappa shape index (κ2) is 11.0. The van der Waals surface area contributed by atoms with Gasteiger partial charge in [-0.05, 0) is 74.8 Å². The quantitative estimate of drug-likeness (QED) is 0.686. The molecule has 1 heterocycles. The molecular weight excluding hydrogens is 404 g/mol. The van der Waals surface area contributed by atoms with Gasteiger partial charge in [0.15, 0.2) is 0 Å². The molecular formula is C25H34N4O3. The van der Waals surface area contributed by atoms with Crippen LogP contribution in [-0.2, 0) is 0 Å². The third-order valence-electron chi connectivity index (χ3n) is 6.02. The van der Waals surface area contributed by atoms with Crippen LogP contribution in [0.3, 0.4) is 0 Å². The molecule has 1 unspecified atom stereocenters. The van der Waals surface area contributed by atoms with E-state index in [9.17, 15) is 9.59 Å². The van der Waals surface area contributed by atoms with Crippen molar-refractivity contribution < 1.29 is 14.3 Å². The Labute approximate surface area is 190 Å². The number of nitrogens with zero attached hydrogens (tertiary/aromatic N) is 2. The first-order chi connectivity index (χ1) is 15.4. The molecule has 0 saturated carbocycles. The minimum absolute atomic E-state index is 0.00288. The number of hydrogen-bond donors (Lipinski definition) is 2. The predicted octanol–water partition coefficient (Wildman–Crippen LogP) is 3.99. The van der Waals surface area contributed by atoms with Crippen LogP contribution in [0.4, 0.5) is 10.5 Å². The monoisotopic (exact) mass is 438 g/mol. The van der Waals surface area contributed by atoms with Crippen molar-refractivity contribution in [2.45, 2.75) is 25.8 Å². The summed E-state index contributed by atoms with van der Waals surface area (Å²) in [5.41, 5.74) is 2.36. The lowest BCUT2D eigenvalue weighted by Crippen LogP contribution is -2.38. The van der Waals surface area contributed by atoms with Gasteiger partial charge in [-0.15, -0.1) is 0 Å². The maximum atomic E-state index is 12.7. The fourth-order valence-electron chi connectivity index (χ4n) is 3.90. The number of nitrogens with one attached hydrogen (secondary N) is 2. The van der Waals surface area contributed by atoms with E-state index >= 15 is 0 Å². The first kappa shape index (κ1) is 23.6. The molecule has 172 valence electrons. The summed E-state index contributed by atoms with van der Waals surface area (Å²) in [7, 11) is 5.59. The van der Waals surface area contributed by atoms with E-state index in [2.05, 4.69) is 22.5 Å². The molecule has 3 rings (SSSR count). The van der Waals surface area contributed by atoms with Crippen molar-refractivity contribution in [3.05, 3.63) is 59.7 Å². The average molecular weight is 439 g/mol. The third kappa shape index (κ3) is 6.23. The van der Waals surface area contributed by atoms with Crippen LogP contribution in [0, 0.1) is 5.92 Å². The number of piperidine rings is 1. The highest BCUT2D eigenvalue weighted by atomic mass is 16.5. The van der Waals surface area contributed by atoms with E-state index in [-0.39, 0.29) is 18.0 Å². The van der Waals surface area contributed by atoms with Crippen LogP contribution in [-0.4, -0.2) is 62.6 Å². The van der Waals surface area contributed by atoms with E-state index in [1.807, 2.05) is 43.3 Å². The Hall–Kier alpha value is -3.06. The van der Waals surface area contributed by atoms with Gasteiger partial charge in [-0.25, -0.2) is 4.79 Å². The highest BCUT2D eigenvalue weighted by Crippen LogP contribution is 2.22. The minimum Gasteiger partial charge on any atom is -0.497 e. The normalized spacial score (nSPS) is 15.3. The Morgan fingerprint density at radius 1 is 1.12 bits per heavy atom. The maximum absolute atomic E-state index is 12.7. The third-order valence-corrected chi connectivity index (χ3v) is 6.02. The Morgan fingerprint density at radius 2 is 1.81 bits per heavy atom. The Morgan fingerprint density at radius 3 is 2.44 bits per heavy atom. The summed E-state index contributed by atoms with van der Waals surface area (Å²) < 4.78 is 5.31. The van der Waals surface area contributed by atoms with Crippen LogP contribution in [0.5, 0.6) is 5.75 Å². The molecule has 3 amide bonds. The molecule has 7 heteroatoms. The van der Waals surface area contributed by atoms with Crippen molar-refractivity contribution >= 4 is 17.6 Å². The number of ether oxygens (including phenoxy) is 1. The van der Waals surface area contributed by atoms with Gasteiger partial charge in [0.1, 0.15) is 5.75 Å². The summed E-state index contributed by atoms with van der Waals surface area (Å²) in [6, 6.07) is 14.6. The smallest absolute Gasteiger partial charge is 0.319 e. The van der Waals surface area contributed by atoms with Gasteiger partial charge >= 0.3 is 6.03 Å². The molecule has 0 spiro atoms. The number of likely N-dealkylation sites (N-methyl/N-ethyl adjacent to an activating group) is 1. The van der Waals surface area contributed by atoms with Gasteiger partial charge in [0.2, 0.25) is 0 Å². The lowest BCUT2D eigenvalue weighted by Gasteiger charge is -2.30. The van der Waals surface area contributed by atoms with Gasteiger partial charge in [0, 0.05) is 30.9 Å². The van der Waals surface area contributed by atoms with Crippen molar-refractivity contribution in [1.29, 1.82) is 0 Å². The zero-order chi connectivity index (χ0) is 23.1. The zero-order valence-electron chi connectivity index (χ0n) is 19.4. The summed E-state index contributed by atoms with van der Waals surface area (Å²) in [5.74, 6) is 1.52. The number of urea groups is 1. The standard InChI is InChI=1S/C25H34N4O3/c1-18-12-14-29(15-13-18)24(30)19-8-10-21(11-9-19)27-25(31)26-17-23(28(2)3)20-6-5-7-22(16-20)32-4/h5-11,16,18,23H,12-15,17H2,1-4H3,(H2,26,27,31). The van der Waals surface area contributed by atoms with Crippen LogP contribution in [0.2, 0.25) is 0 Å². The second-order valence-electron chi connectivity index (χ2n) is 8.64. The van der Waals surface area contributed by atoms with Gasteiger partial charge in [0.25, 0.3) is 5.91 Å². The molecule has 1 aliphatic heterocycles. The number of anilines is 1. The van der Waals surface area contributed by atoms with Crippen molar-refractivity contribution in [2.24, 2.45) is 5.92 Å². The van der Waals surface area contributed by atoms with Gasteiger partial charge in [-0.1, -0.05) is 19.1 Å². The average Bonchev–Trinajstić information content (AvgIpc) is 2.79. The molecule has 0 aromatic heterocycles. The highest BCUT2D eigenvalue weighted by molar-refractivity contribution is 5.95. The Balaban J connectivity index is 1.54. The number of rotatable bonds is 7. The summed E-state index contributed by atoms with van der Waals surface area (Å²) in [6.45, 7) is 4.28. The van der Waals surface area contributed by atoms with E-state index in [0.29, 0.717) is 23.7 Å². The van der Waals surface area contributed by atoms with E-state index in [4.69, 9.17) is 4.74 Å². The lowest BCUT2D eigenvalue weighted by molar-refractivity contribution is 0.0697. The topological polar surface area (TPSA) is 73.9 Å². The van der Waals surface area contributed by atoms with Crippen molar-refractivity contribution in [3.8, 4) is 5.75 Å². The molecule has 2 aromatic carbocycles. The lowest BCUT2D eigenvalue weighted by atomic mass is 9.98. The van der Waals surface area contributed by atoms with E-state index in [0.717, 1.165) is 37.2 Å². The van der Waals surface area contributed by atoms with Gasteiger partial charge in [0.05, 0.1) is 13.2 Å². The van der Waals surface area contributed by atoms with Crippen LogP contribution in [0.15, 0.2) is 48.5 Å². The largest absolute Gasteiger partial charge is 0.497 e. The number of amides is 3. The maximum Gasteiger partial charge on any atom is 0.319 e. The molecule has 1 atom stereocenters. The van der Waals surface area contributed by atoms with Crippen LogP contribution in [0.25, 0.3) is 0 Å². The van der Waals surface area contributed by atoms with Crippen LogP contribution >= 0.6 is 0 Å². The summed E-state index contributed by atoms with van der Waals surface area (Å²) in [4.78, 5) is 29.1. The Kier molecular flexibility index (Phi) is 8.11. The molecule has 0 radical (unpaired) electrons. The fraction of sp³-hybridized carbons (Fsp3) is 0.440. The van der Waals surface area contributed by atoms with Crippen molar-refractivity contribution in [3.63, 3.8) is 0 Å². The van der Waals surface area contributed by atoms with Gasteiger partial charge < -0.3 is 25.2 Å². The van der Waals surface area contributed by atoms with E-state index in [1.165, 1.54) is 0 Å². The molecule has 1 fully saturated rings. The van der Waals surface area contributed by atoms with Gasteiger partial charge in [-0.3, -0.25) is 4.79 Å². The fourth-order valence-corrected chi connectivity index (χ4v) is 3.90. The first-order valence-corrected chi connectivity index (χ1v) is 11.1. The Bertz CT molecular complexity index is 906. The predicted molar refractivity (Wildman–Crippen MR) is 127 cm³/mol. The number of methoxy groups -OCH3 is 1. The highest BCUT2D eigenvalue weighted by Gasteiger charge is 2.21. The molecule has 2 N–H and O–H groups in total. The number of benzene rings is 2. The van der Waals surface area contributed by atoms with Crippen molar-refractivity contribution in [2.75, 3.05) is 46.2 Å². The molecule has 0 bridgehead atoms. The van der Waals surface area contributed by atoms with Crippen LogP contribution in [0.1, 0.15) is 41.7 Å². The molecule has 7 nitrogen and oxygen atoms in total. The van der Waals surface area contributed by atoms with E-state index < -0.39 is 0 Å². The molecule has 32 heavy (non-hydrogen) atoms. The molecule has 1 saturated heterocycles. The number of hydrogen-bond acceptors (Lipinski definition) is 4. The number of carbonyl (C=O) groups is 2. The van der Waals surface area contributed by atoms with E-state index in [1.54, 1.807) is 31.4 Å². The van der Waals surface area contributed by atoms with Gasteiger partial charge in [-0.2, -0.15) is 0 Å². The SMILES string of the molecule is COc1cccc(C(CNC(=O)Nc2ccc(C(=O)N3CCC(C)CC3)cc2)N(C)C)c1. The minimum atomic E-state index is -0.288. The zero-order valence-corrected chi connectivity index (χ0v) is 19.4. The molecule has 2 aromatic rings. The van der Waals surface area contributed by atoms with Crippen LogP contribution < -0.4 is 15.4 Å². The summed E-state index contributed by atoms with van der Waals surface area (Å²) in [5, 5.41) is 5.78.